The molecular formula is C13H15N5O4S. The summed E-state index contributed by atoms with van der Waals surface area (Å²) in [5, 5.41) is 16.1. The second kappa shape index (κ2) is 8.03. The number of aryl methyl sites for hydroxylation is 1. The number of hydrogen-bond acceptors (Lipinski definition) is 7. The lowest BCUT2D eigenvalue weighted by Crippen LogP contribution is -2.40. The smallest absolute Gasteiger partial charge is 0.287 e. The van der Waals surface area contributed by atoms with Gasteiger partial charge < -0.3 is 15.1 Å². The average Bonchev–Trinajstić information content (AvgIpc) is 3.22. The van der Waals surface area contributed by atoms with Gasteiger partial charge in [-0.1, -0.05) is 18.3 Å². The molecule has 122 valence electrons. The second-order valence-electron chi connectivity index (χ2n) is 4.34. The number of carbonyl (C=O) groups excluding carboxylic acids is 3. The lowest BCUT2D eigenvalue weighted by atomic mass is 10.4. The summed E-state index contributed by atoms with van der Waals surface area (Å²) in [5.74, 6) is -1.31. The minimum Gasteiger partial charge on any atom is -0.459 e. The fourth-order valence-electron chi connectivity index (χ4n) is 1.51. The van der Waals surface area contributed by atoms with Crippen molar-refractivity contribution in [2.75, 3.05) is 18.4 Å². The van der Waals surface area contributed by atoms with Gasteiger partial charge in [-0.2, -0.15) is 0 Å². The first-order valence-electron chi connectivity index (χ1n) is 6.79. The van der Waals surface area contributed by atoms with Gasteiger partial charge in [-0.3, -0.25) is 19.7 Å². The van der Waals surface area contributed by atoms with Crippen LogP contribution < -0.4 is 16.0 Å². The minimum atomic E-state index is -0.504. The van der Waals surface area contributed by atoms with Gasteiger partial charge >= 0.3 is 0 Å². The van der Waals surface area contributed by atoms with Crippen LogP contribution in [0.15, 0.2) is 22.8 Å². The van der Waals surface area contributed by atoms with Gasteiger partial charge in [0.15, 0.2) is 5.76 Å². The number of rotatable bonds is 7. The van der Waals surface area contributed by atoms with Crippen molar-refractivity contribution in [2.24, 2.45) is 0 Å². The molecule has 0 aliphatic heterocycles. The third-order valence-corrected chi connectivity index (χ3v) is 3.60. The Labute approximate surface area is 135 Å². The Morgan fingerprint density at radius 2 is 1.96 bits per heavy atom. The second-order valence-corrected chi connectivity index (χ2v) is 5.40. The monoisotopic (exact) mass is 337 g/mol. The van der Waals surface area contributed by atoms with Crippen LogP contribution in [-0.4, -0.2) is 41.0 Å². The van der Waals surface area contributed by atoms with E-state index in [2.05, 4.69) is 26.1 Å². The maximum atomic E-state index is 11.7. The highest BCUT2D eigenvalue weighted by atomic mass is 32.1. The molecule has 3 amide bonds. The zero-order valence-corrected chi connectivity index (χ0v) is 13.1. The van der Waals surface area contributed by atoms with Gasteiger partial charge in [0.25, 0.3) is 5.91 Å². The van der Waals surface area contributed by atoms with Crippen LogP contribution in [0.3, 0.4) is 0 Å². The van der Waals surface area contributed by atoms with Gasteiger partial charge in [0.05, 0.1) is 19.4 Å². The van der Waals surface area contributed by atoms with Crippen LogP contribution in [-0.2, 0) is 16.0 Å². The maximum absolute atomic E-state index is 11.7. The van der Waals surface area contributed by atoms with Gasteiger partial charge in [-0.05, 0) is 18.6 Å². The number of hydrogen-bond donors (Lipinski definition) is 3. The average molecular weight is 337 g/mol. The predicted molar refractivity (Wildman–Crippen MR) is 82.0 cm³/mol. The van der Waals surface area contributed by atoms with E-state index < -0.39 is 17.7 Å². The molecule has 0 saturated carbocycles. The number of carbonyl (C=O) groups is 3. The zero-order chi connectivity index (χ0) is 16.7. The first-order valence-corrected chi connectivity index (χ1v) is 7.60. The molecule has 0 aliphatic carbocycles. The van der Waals surface area contributed by atoms with Crippen LogP contribution in [0, 0.1) is 0 Å². The molecule has 0 atom stereocenters. The molecule has 0 aliphatic rings. The molecule has 2 aromatic heterocycles. The third kappa shape index (κ3) is 5.18. The Balaban J connectivity index is 1.67. The normalized spacial score (nSPS) is 10.1. The van der Waals surface area contributed by atoms with Crippen molar-refractivity contribution in [3.05, 3.63) is 29.2 Å². The maximum Gasteiger partial charge on any atom is 0.287 e. The molecule has 3 N–H and O–H groups in total. The van der Waals surface area contributed by atoms with E-state index >= 15 is 0 Å². The van der Waals surface area contributed by atoms with Crippen molar-refractivity contribution in [1.29, 1.82) is 0 Å². The number of furan rings is 1. The van der Waals surface area contributed by atoms with E-state index in [-0.39, 0.29) is 18.8 Å². The number of nitrogens with one attached hydrogen (secondary N) is 3. The van der Waals surface area contributed by atoms with Crippen LogP contribution in [0.25, 0.3) is 0 Å². The van der Waals surface area contributed by atoms with Crippen LogP contribution in [0.4, 0.5) is 5.13 Å². The van der Waals surface area contributed by atoms with Crippen molar-refractivity contribution in [2.45, 2.75) is 13.3 Å². The van der Waals surface area contributed by atoms with E-state index in [0.29, 0.717) is 5.13 Å². The molecule has 0 spiro atoms. The summed E-state index contributed by atoms with van der Waals surface area (Å²) >= 11 is 1.27. The van der Waals surface area contributed by atoms with Crippen LogP contribution in [0.1, 0.15) is 22.5 Å². The summed E-state index contributed by atoms with van der Waals surface area (Å²) in [6.45, 7) is 1.45. The fraction of sp³-hybridized carbons (Fsp3) is 0.308. The summed E-state index contributed by atoms with van der Waals surface area (Å²) in [5.41, 5.74) is 0. The fourth-order valence-corrected chi connectivity index (χ4v) is 2.20. The minimum absolute atomic E-state index is 0.110. The highest BCUT2D eigenvalue weighted by Crippen LogP contribution is 2.14. The molecular weight excluding hydrogens is 322 g/mol. The Morgan fingerprint density at radius 1 is 1.17 bits per heavy atom. The number of anilines is 1. The molecule has 0 bridgehead atoms. The largest absolute Gasteiger partial charge is 0.459 e. The molecule has 0 radical (unpaired) electrons. The van der Waals surface area contributed by atoms with Gasteiger partial charge in [0, 0.05) is 0 Å². The van der Waals surface area contributed by atoms with Crippen molar-refractivity contribution < 1.29 is 18.8 Å². The molecule has 2 rings (SSSR count). The van der Waals surface area contributed by atoms with Gasteiger partial charge in [-0.15, -0.1) is 10.2 Å². The van der Waals surface area contributed by atoms with Crippen molar-refractivity contribution in [1.82, 2.24) is 20.8 Å². The highest BCUT2D eigenvalue weighted by Gasteiger charge is 2.12. The quantitative estimate of drug-likeness (QED) is 0.661. The third-order valence-electron chi connectivity index (χ3n) is 2.62. The number of nitrogens with zero attached hydrogens (tertiary/aromatic N) is 2. The molecule has 2 aromatic rings. The lowest BCUT2D eigenvalue weighted by Gasteiger charge is -2.05. The van der Waals surface area contributed by atoms with E-state index in [1.807, 2.05) is 6.92 Å². The first kappa shape index (κ1) is 16.6. The summed E-state index contributed by atoms with van der Waals surface area (Å²) in [6, 6.07) is 3.05. The molecule has 10 heteroatoms. The van der Waals surface area contributed by atoms with Crippen molar-refractivity contribution in [3.63, 3.8) is 0 Å². The Hall–Kier alpha value is -2.75. The Kier molecular flexibility index (Phi) is 5.80. The van der Waals surface area contributed by atoms with Gasteiger partial charge in [-0.25, -0.2) is 0 Å². The SMILES string of the molecule is CCc1nnc(NC(=O)CNC(=O)CNC(=O)c2ccco2)s1. The molecule has 0 aromatic carbocycles. The molecule has 0 saturated heterocycles. The van der Waals surface area contributed by atoms with E-state index in [1.54, 1.807) is 6.07 Å². The standard InChI is InChI=1S/C13H15N5O4S/c1-2-11-17-18-13(23-11)16-10(20)7-14-9(19)6-15-12(21)8-4-3-5-22-8/h3-5H,2,6-7H2,1H3,(H,14,19)(H,15,21)(H,16,18,20). The van der Waals surface area contributed by atoms with E-state index in [4.69, 9.17) is 4.42 Å². The van der Waals surface area contributed by atoms with Crippen molar-refractivity contribution >= 4 is 34.2 Å². The summed E-state index contributed by atoms with van der Waals surface area (Å²) < 4.78 is 4.88. The van der Waals surface area contributed by atoms with Crippen LogP contribution in [0.5, 0.6) is 0 Å². The topological polar surface area (TPSA) is 126 Å². The first-order chi connectivity index (χ1) is 11.1. The molecule has 9 nitrogen and oxygen atoms in total. The van der Waals surface area contributed by atoms with Crippen molar-refractivity contribution in [3.8, 4) is 0 Å². The predicted octanol–water partition coefficient (Wildman–Crippen LogP) is 0.178. The lowest BCUT2D eigenvalue weighted by molar-refractivity contribution is -0.123. The summed E-state index contributed by atoms with van der Waals surface area (Å²) in [4.78, 5) is 34.8. The number of aromatic nitrogens is 2. The summed E-state index contributed by atoms with van der Waals surface area (Å²) in [7, 11) is 0. The summed E-state index contributed by atoms with van der Waals surface area (Å²) in [6.07, 6.45) is 2.09. The number of amides is 3. The molecule has 0 unspecified atom stereocenters. The van der Waals surface area contributed by atoms with E-state index in [0.717, 1.165) is 11.4 Å². The Morgan fingerprint density at radius 3 is 2.61 bits per heavy atom. The van der Waals surface area contributed by atoms with E-state index in [1.165, 1.54) is 23.7 Å². The Bertz CT molecular complexity index is 682. The molecule has 23 heavy (non-hydrogen) atoms. The highest BCUT2D eigenvalue weighted by molar-refractivity contribution is 7.15. The zero-order valence-electron chi connectivity index (χ0n) is 12.3. The van der Waals surface area contributed by atoms with Crippen LogP contribution >= 0.6 is 11.3 Å². The van der Waals surface area contributed by atoms with Crippen LogP contribution in [0.2, 0.25) is 0 Å². The molecule has 2 heterocycles. The van der Waals surface area contributed by atoms with Gasteiger partial charge in [0.1, 0.15) is 5.01 Å². The van der Waals surface area contributed by atoms with E-state index in [9.17, 15) is 14.4 Å². The molecule has 0 fully saturated rings. The van der Waals surface area contributed by atoms with Gasteiger partial charge in [0.2, 0.25) is 16.9 Å².